The Balaban J connectivity index is 2.11. The van der Waals surface area contributed by atoms with Crippen molar-refractivity contribution in [2.45, 2.75) is 38.9 Å². The molecule has 3 aromatic rings. The van der Waals surface area contributed by atoms with Crippen molar-refractivity contribution in [1.29, 1.82) is 0 Å². The van der Waals surface area contributed by atoms with Gasteiger partial charge in [-0.1, -0.05) is 60.1 Å². The normalized spacial score (nSPS) is 12.1. The molecule has 40 heavy (non-hydrogen) atoms. The molecule has 0 aliphatic carbocycles. The molecule has 11 heteroatoms. The van der Waals surface area contributed by atoms with Gasteiger partial charge in [-0.3, -0.25) is 13.9 Å². The summed E-state index contributed by atoms with van der Waals surface area (Å²) in [6.45, 7) is 2.64. The molecule has 0 spiro atoms. The van der Waals surface area contributed by atoms with Gasteiger partial charge in [0.1, 0.15) is 24.2 Å². The summed E-state index contributed by atoms with van der Waals surface area (Å²) in [7, 11) is -2.66. The van der Waals surface area contributed by atoms with E-state index in [-0.39, 0.29) is 41.0 Å². The number of sulfonamides is 1. The van der Waals surface area contributed by atoms with Crippen LogP contribution in [0, 0.1) is 5.82 Å². The van der Waals surface area contributed by atoms with Gasteiger partial charge in [0.15, 0.2) is 0 Å². The number of benzene rings is 3. The first kappa shape index (κ1) is 30.9. The standard InChI is InChI=1S/C29H33ClFN3O5S/c1-20(2)32-29(36)26(16-21-10-6-5-7-11-21)33(18-22-12-8-9-13-24(22)31)28(35)19-34(40(4,37)38)25-17-23(30)14-15-27(25)39-3/h5-15,17,20,26H,16,18-19H2,1-4H3,(H,32,36). The third-order valence-corrected chi connectivity index (χ3v) is 7.45. The van der Waals surface area contributed by atoms with Gasteiger partial charge in [-0.15, -0.1) is 0 Å². The number of carbonyl (C=O) groups excluding carboxylic acids is 2. The van der Waals surface area contributed by atoms with Crippen molar-refractivity contribution in [3.8, 4) is 5.75 Å². The molecule has 1 N–H and O–H groups in total. The molecule has 0 aromatic heterocycles. The molecule has 0 radical (unpaired) electrons. The van der Waals surface area contributed by atoms with Gasteiger partial charge in [0.2, 0.25) is 21.8 Å². The van der Waals surface area contributed by atoms with Crippen LogP contribution in [0.1, 0.15) is 25.0 Å². The summed E-state index contributed by atoms with van der Waals surface area (Å²) < 4.78 is 46.9. The van der Waals surface area contributed by atoms with E-state index < -0.39 is 40.2 Å². The summed E-state index contributed by atoms with van der Waals surface area (Å²) in [6.07, 6.45) is 1.08. The van der Waals surface area contributed by atoms with Gasteiger partial charge in [-0.05, 0) is 43.7 Å². The molecule has 1 unspecified atom stereocenters. The predicted molar refractivity (Wildman–Crippen MR) is 154 cm³/mol. The zero-order chi connectivity index (χ0) is 29.4. The SMILES string of the molecule is COc1ccc(Cl)cc1N(CC(=O)N(Cc1ccccc1F)C(Cc1ccccc1)C(=O)NC(C)C)S(C)(=O)=O. The molecule has 3 aromatic carbocycles. The highest BCUT2D eigenvalue weighted by molar-refractivity contribution is 7.92. The van der Waals surface area contributed by atoms with Crippen LogP contribution in [-0.4, -0.2) is 57.1 Å². The van der Waals surface area contributed by atoms with Crippen molar-refractivity contribution < 1.29 is 27.1 Å². The predicted octanol–water partition coefficient (Wildman–Crippen LogP) is 4.42. The number of methoxy groups -OCH3 is 1. The van der Waals surface area contributed by atoms with Crippen LogP contribution >= 0.6 is 11.6 Å². The van der Waals surface area contributed by atoms with Crippen LogP contribution in [-0.2, 0) is 32.6 Å². The maximum Gasteiger partial charge on any atom is 0.244 e. The second-order valence-corrected chi connectivity index (χ2v) is 11.9. The van der Waals surface area contributed by atoms with Gasteiger partial charge in [0, 0.05) is 29.6 Å². The molecule has 0 bridgehead atoms. The fourth-order valence-electron chi connectivity index (χ4n) is 4.20. The first-order valence-corrected chi connectivity index (χ1v) is 14.8. The maximum atomic E-state index is 14.8. The lowest BCUT2D eigenvalue weighted by atomic mass is 10.0. The Kier molecular flexibility index (Phi) is 10.5. The number of halogens is 2. The van der Waals surface area contributed by atoms with E-state index in [1.54, 1.807) is 19.9 Å². The highest BCUT2D eigenvalue weighted by atomic mass is 35.5. The Morgan fingerprint density at radius 1 is 1.02 bits per heavy atom. The molecule has 214 valence electrons. The highest BCUT2D eigenvalue weighted by Gasteiger charge is 2.34. The number of amides is 2. The van der Waals surface area contributed by atoms with Gasteiger partial charge in [-0.2, -0.15) is 0 Å². The van der Waals surface area contributed by atoms with Crippen molar-refractivity contribution >= 4 is 39.1 Å². The minimum atomic E-state index is -4.03. The molecular formula is C29H33ClFN3O5S. The van der Waals surface area contributed by atoms with E-state index >= 15 is 0 Å². The topological polar surface area (TPSA) is 96.0 Å². The third kappa shape index (κ3) is 8.19. The van der Waals surface area contributed by atoms with E-state index in [1.807, 2.05) is 30.3 Å². The van der Waals surface area contributed by atoms with Crippen LogP contribution < -0.4 is 14.4 Å². The van der Waals surface area contributed by atoms with E-state index in [2.05, 4.69) is 5.32 Å². The molecule has 0 fully saturated rings. The first-order valence-electron chi connectivity index (χ1n) is 12.6. The van der Waals surface area contributed by atoms with Gasteiger partial charge < -0.3 is 15.0 Å². The molecule has 8 nitrogen and oxygen atoms in total. The van der Waals surface area contributed by atoms with E-state index in [0.29, 0.717) is 0 Å². The summed E-state index contributed by atoms with van der Waals surface area (Å²) in [5, 5.41) is 3.08. The van der Waals surface area contributed by atoms with E-state index in [4.69, 9.17) is 16.3 Å². The largest absolute Gasteiger partial charge is 0.495 e. The molecule has 0 aliphatic rings. The molecule has 0 saturated heterocycles. The van der Waals surface area contributed by atoms with Crippen LogP contribution in [0.2, 0.25) is 5.02 Å². The zero-order valence-corrected chi connectivity index (χ0v) is 24.4. The lowest BCUT2D eigenvalue weighted by Crippen LogP contribution is -2.54. The fourth-order valence-corrected chi connectivity index (χ4v) is 5.21. The van der Waals surface area contributed by atoms with Crippen molar-refractivity contribution in [3.63, 3.8) is 0 Å². The maximum absolute atomic E-state index is 14.8. The van der Waals surface area contributed by atoms with E-state index in [1.165, 1.54) is 48.4 Å². The Labute approximate surface area is 239 Å². The van der Waals surface area contributed by atoms with Crippen molar-refractivity contribution in [1.82, 2.24) is 10.2 Å². The third-order valence-electron chi connectivity index (χ3n) is 6.09. The van der Waals surface area contributed by atoms with Gasteiger partial charge >= 0.3 is 0 Å². The van der Waals surface area contributed by atoms with Crippen LogP contribution in [0.5, 0.6) is 5.75 Å². The minimum absolute atomic E-state index is 0.0583. The number of nitrogens with one attached hydrogen (secondary N) is 1. The second-order valence-electron chi connectivity index (χ2n) is 9.57. The minimum Gasteiger partial charge on any atom is -0.495 e. The Morgan fingerprint density at radius 3 is 2.27 bits per heavy atom. The zero-order valence-electron chi connectivity index (χ0n) is 22.8. The Morgan fingerprint density at radius 2 is 1.68 bits per heavy atom. The molecule has 0 aliphatic heterocycles. The van der Waals surface area contributed by atoms with Gasteiger partial charge in [0.25, 0.3) is 0 Å². The smallest absolute Gasteiger partial charge is 0.244 e. The second kappa shape index (κ2) is 13.6. The molecule has 0 heterocycles. The van der Waals surface area contributed by atoms with Crippen LogP contribution in [0.25, 0.3) is 0 Å². The lowest BCUT2D eigenvalue weighted by molar-refractivity contribution is -0.140. The van der Waals surface area contributed by atoms with Gasteiger partial charge in [0.05, 0.1) is 19.1 Å². The summed E-state index contributed by atoms with van der Waals surface area (Å²) in [5.41, 5.74) is 1.01. The number of rotatable bonds is 12. The number of nitrogens with zero attached hydrogens (tertiary/aromatic N) is 2. The van der Waals surface area contributed by atoms with Crippen LogP contribution in [0.15, 0.2) is 72.8 Å². The van der Waals surface area contributed by atoms with E-state index in [9.17, 15) is 22.4 Å². The Bertz CT molecular complexity index is 1440. The number of anilines is 1. The Hall–Kier alpha value is -3.63. The first-order chi connectivity index (χ1) is 18.9. The molecule has 3 rings (SSSR count). The van der Waals surface area contributed by atoms with Gasteiger partial charge in [-0.25, -0.2) is 12.8 Å². The lowest BCUT2D eigenvalue weighted by Gasteiger charge is -2.34. The molecule has 0 saturated carbocycles. The fraction of sp³-hybridized carbons (Fsp3) is 0.310. The van der Waals surface area contributed by atoms with Crippen molar-refractivity contribution in [2.75, 3.05) is 24.2 Å². The average molecular weight is 590 g/mol. The molecule has 1 atom stereocenters. The highest BCUT2D eigenvalue weighted by Crippen LogP contribution is 2.33. The molecule has 2 amide bonds. The van der Waals surface area contributed by atoms with Crippen molar-refractivity contribution in [2.24, 2.45) is 0 Å². The van der Waals surface area contributed by atoms with E-state index in [0.717, 1.165) is 16.1 Å². The van der Waals surface area contributed by atoms with Crippen molar-refractivity contribution in [3.05, 3.63) is 94.8 Å². The monoisotopic (exact) mass is 589 g/mol. The quantitative estimate of drug-likeness (QED) is 0.337. The summed E-state index contributed by atoms with van der Waals surface area (Å²) in [5.74, 6) is -1.54. The van der Waals surface area contributed by atoms with Crippen LogP contribution in [0.3, 0.4) is 0 Å². The number of hydrogen-bond acceptors (Lipinski definition) is 5. The molecular weight excluding hydrogens is 557 g/mol. The number of carbonyl (C=O) groups is 2. The number of ether oxygens (including phenoxy) is 1. The van der Waals surface area contributed by atoms with Crippen LogP contribution in [0.4, 0.5) is 10.1 Å². The summed E-state index contributed by atoms with van der Waals surface area (Å²) >= 11 is 6.16. The average Bonchev–Trinajstić information content (AvgIpc) is 2.89. The summed E-state index contributed by atoms with van der Waals surface area (Å²) in [6, 6.07) is 18.1. The summed E-state index contributed by atoms with van der Waals surface area (Å²) in [4.78, 5) is 28.8. The number of hydrogen-bond donors (Lipinski definition) is 1.